The van der Waals surface area contributed by atoms with Gasteiger partial charge in [0.05, 0.1) is 5.75 Å². The molecule has 0 spiro atoms. The molecule has 0 unspecified atom stereocenters. The van der Waals surface area contributed by atoms with Crippen molar-refractivity contribution in [3.8, 4) is 0 Å². The van der Waals surface area contributed by atoms with Gasteiger partial charge >= 0.3 is 0 Å². The highest BCUT2D eigenvalue weighted by Crippen LogP contribution is 2.16. The van der Waals surface area contributed by atoms with Gasteiger partial charge in [0, 0.05) is 37.8 Å². The second kappa shape index (κ2) is 6.89. The van der Waals surface area contributed by atoms with E-state index in [1.54, 1.807) is 4.31 Å². The van der Waals surface area contributed by atoms with E-state index in [9.17, 15) is 13.2 Å². The molecule has 2 heterocycles. The summed E-state index contributed by atoms with van der Waals surface area (Å²) in [5.74, 6) is 0.198. The molecule has 0 aromatic rings. The van der Waals surface area contributed by atoms with Gasteiger partial charge in [0.1, 0.15) is 0 Å². The number of carbonyl (C=O) groups excluding carboxylic acids is 1. The van der Waals surface area contributed by atoms with Gasteiger partial charge in [-0.3, -0.25) is 4.79 Å². The first-order valence-corrected chi connectivity index (χ1v) is 9.23. The van der Waals surface area contributed by atoms with Crippen molar-refractivity contribution >= 4 is 15.9 Å². The summed E-state index contributed by atoms with van der Waals surface area (Å²) in [5.41, 5.74) is 1.96. The molecule has 0 atom stereocenters. The smallest absolute Gasteiger partial charge is 0.247 e. The van der Waals surface area contributed by atoms with Crippen LogP contribution in [-0.4, -0.2) is 56.6 Å². The summed E-state index contributed by atoms with van der Waals surface area (Å²) in [6.07, 6.45) is 2.02. The van der Waals surface area contributed by atoms with E-state index in [-0.39, 0.29) is 17.7 Å². The zero-order valence-corrected chi connectivity index (χ0v) is 13.6. The molecule has 0 radical (unpaired) electrons. The highest BCUT2D eigenvalue weighted by Gasteiger charge is 2.28. The van der Waals surface area contributed by atoms with Crippen LogP contribution >= 0.6 is 0 Å². The molecule has 0 aromatic carbocycles. The zero-order valence-electron chi connectivity index (χ0n) is 12.8. The largest absolute Gasteiger partial charge is 0.349 e. The quantitative estimate of drug-likeness (QED) is 0.712. The summed E-state index contributed by atoms with van der Waals surface area (Å²) in [6.45, 7) is 6.33. The summed E-state index contributed by atoms with van der Waals surface area (Å²) in [5, 5.41) is 6.15. The van der Waals surface area contributed by atoms with Crippen LogP contribution in [-0.2, 0) is 14.8 Å². The fourth-order valence-corrected chi connectivity index (χ4v) is 4.18. The Hall–Kier alpha value is -0.920. The van der Waals surface area contributed by atoms with E-state index in [0.29, 0.717) is 32.4 Å². The van der Waals surface area contributed by atoms with Crippen molar-refractivity contribution in [2.24, 2.45) is 0 Å². The molecule has 21 heavy (non-hydrogen) atoms. The summed E-state index contributed by atoms with van der Waals surface area (Å²) >= 11 is 0. The van der Waals surface area contributed by atoms with E-state index in [1.807, 2.05) is 13.8 Å². The van der Waals surface area contributed by atoms with Gasteiger partial charge < -0.3 is 10.6 Å². The molecule has 1 amide bonds. The number of piperidine rings is 1. The van der Waals surface area contributed by atoms with Crippen molar-refractivity contribution < 1.29 is 13.2 Å². The highest BCUT2D eigenvalue weighted by molar-refractivity contribution is 7.89. The molecule has 2 aliphatic heterocycles. The van der Waals surface area contributed by atoms with Crippen molar-refractivity contribution in [3.05, 3.63) is 11.1 Å². The van der Waals surface area contributed by atoms with Crippen molar-refractivity contribution in [2.75, 3.05) is 31.9 Å². The van der Waals surface area contributed by atoms with Crippen molar-refractivity contribution in [1.82, 2.24) is 14.9 Å². The molecule has 0 aromatic heterocycles. The molecule has 7 heteroatoms. The predicted octanol–water partition coefficient (Wildman–Crippen LogP) is 0.227. The Kier molecular flexibility index (Phi) is 5.40. The maximum absolute atomic E-state index is 12.1. The van der Waals surface area contributed by atoms with Gasteiger partial charge in [-0.15, -0.1) is 0 Å². The SMILES string of the molecule is CCCS(=O)(=O)N1CCC(NC(=O)C(C)=C2CNC2)CC1. The molecular weight excluding hydrogens is 290 g/mol. The Morgan fingerprint density at radius 1 is 1.33 bits per heavy atom. The van der Waals surface area contributed by atoms with E-state index >= 15 is 0 Å². The van der Waals surface area contributed by atoms with Crippen LogP contribution in [0.1, 0.15) is 33.1 Å². The Balaban J connectivity index is 1.83. The predicted molar refractivity (Wildman–Crippen MR) is 82.4 cm³/mol. The summed E-state index contributed by atoms with van der Waals surface area (Å²) in [4.78, 5) is 12.1. The van der Waals surface area contributed by atoms with Gasteiger partial charge in [0.2, 0.25) is 15.9 Å². The van der Waals surface area contributed by atoms with Crippen LogP contribution in [0.4, 0.5) is 0 Å². The first-order valence-electron chi connectivity index (χ1n) is 7.62. The van der Waals surface area contributed by atoms with Crippen LogP contribution in [0.15, 0.2) is 11.1 Å². The van der Waals surface area contributed by atoms with Crippen LogP contribution in [0.3, 0.4) is 0 Å². The highest BCUT2D eigenvalue weighted by atomic mass is 32.2. The van der Waals surface area contributed by atoms with E-state index in [0.717, 1.165) is 24.2 Å². The van der Waals surface area contributed by atoms with Crippen molar-refractivity contribution in [3.63, 3.8) is 0 Å². The Morgan fingerprint density at radius 3 is 2.43 bits per heavy atom. The average molecular weight is 315 g/mol. The van der Waals surface area contributed by atoms with E-state index in [4.69, 9.17) is 0 Å². The van der Waals surface area contributed by atoms with Crippen LogP contribution in [0, 0.1) is 0 Å². The van der Waals surface area contributed by atoms with Crippen LogP contribution in [0.2, 0.25) is 0 Å². The van der Waals surface area contributed by atoms with Crippen LogP contribution in [0.25, 0.3) is 0 Å². The van der Waals surface area contributed by atoms with E-state index < -0.39 is 10.0 Å². The minimum Gasteiger partial charge on any atom is -0.349 e. The topological polar surface area (TPSA) is 78.5 Å². The Labute approximate surface area is 127 Å². The maximum Gasteiger partial charge on any atom is 0.247 e. The molecular formula is C14H25N3O3S. The molecule has 0 saturated carbocycles. The molecule has 6 nitrogen and oxygen atoms in total. The number of hydrogen-bond donors (Lipinski definition) is 2. The van der Waals surface area contributed by atoms with E-state index in [2.05, 4.69) is 10.6 Å². The maximum atomic E-state index is 12.1. The molecule has 2 rings (SSSR count). The van der Waals surface area contributed by atoms with Gasteiger partial charge in [-0.05, 0) is 31.8 Å². The minimum atomic E-state index is -3.11. The van der Waals surface area contributed by atoms with Gasteiger partial charge in [-0.1, -0.05) is 6.92 Å². The fourth-order valence-electron chi connectivity index (χ4n) is 2.63. The number of amides is 1. The second-order valence-electron chi connectivity index (χ2n) is 5.79. The summed E-state index contributed by atoms with van der Waals surface area (Å²) in [6, 6.07) is 0.0779. The number of rotatable bonds is 5. The lowest BCUT2D eigenvalue weighted by molar-refractivity contribution is -0.118. The minimum absolute atomic E-state index is 0.0126. The van der Waals surface area contributed by atoms with Gasteiger partial charge in [-0.2, -0.15) is 0 Å². The fraction of sp³-hybridized carbons (Fsp3) is 0.786. The van der Waals surface area contributed by atoms with Crippen molar-refractivity contribution in [1.29, 1.82) is 0 Å². The number of nitrogens with one attached hydrogen (secondary N) is 2. The number of sulfonamides is 1. The molecule has 0 aliphatic carbocycles. The summed E-state index contributed by atoms with van der Waals surface area (Å²) in [7, 11) is -3.11. The number of nitrogens with zero attached hydrogens (tertiary/aromatic N) is 1. The third-order valence-electron chi connectivity index (χ3n) is 4.19. The van der Waals surface area contributed by atoms with Gasteiger partial charge in [0.15, 0.2) is 0 Å². The molecule has 0 bridgehead atoms. The van der Waals surface area contributed by atoms with Gasteiger partial charge in [0.25, 0.3) is 0 Å². The normalized spacial score (nSPS) is 21.0. The third-order valence-corrected chi connectivity index (χ3v) is 6.27. The molecule has 2 fully saturated rings. The number of carbonyl (C=O) groups is 1. The number of hydrogen-bond acceptors (Lipinski definition) is 4. The lowest BCUT2D eigenvalue weighted by atomic mass is 10.0. The standard InChI is InChI=1S/C14H25N3O3S/c1-3-8-21(19,20)17-6-4-13(5-7-17)16-14(18)11(2)12-9-15-10-12/h13,15H,3-10H2,1-2H3,(H,16,18). The Bertz CT molecular complexity index is 514. The lowest BCUT2D eigenvalue weighted by Crippen LogP contribution is -2.47. The molecule has 120 valence electrons. The van der Waals surface area contributed by atoms with Crippen LogP contribution in [0.5, 0.6) is 0 Å². The van der Waals surface area contributed by atoms with E-state index in [1.165, 1.54) is 0 Å². The van der Waals surface area contributed by atoms with Crippen molar-refractivity contribution in [2.45, 2.75) is 39.2 Å². The third kappa shape index (κ3) is 4.05. The summed E-state index contributed by atoms with van der Waals surface area (Å²) < 4.78 is 25.5. The average Bonchev–Trinajstić information content (AvgIpc) is 2.37. The molecule has 2 N–H and O–H groups in total. The monoisotopic (exact) mass is 315 g/mol. The Morgan fingerprint density at radius 2 is 1.95 bits per heavy atom. The molecule has 2 saturated heterocycles. The van der Waals surface area contributed by atoms with Crippen LogP contribution < -0.4 is 10.6 Å². The lowest BCUT2D eigenvalue weighted by Gasteiger charge is -2.32. The molecule has 2 aliphatic rings. The first-order chi connectivity index (χ1) is 9.94. The second-order valence-corrected chi connectivity index (χ2v) is 7.88. The van der Waals surface area contributed by atoms with Gasteiger partial charge in [-0.25, -0.2) is 12.7 Å². The first kappa shape index (κ1) is 16.5. The zero-order chi connectivity index (χ0) is 15.5.